The second-order valence-corrected chi connectivity index (χ2v) is 23.8. The summed E-state index contributed by atoms with van der Waals surface area (Å²) >= 11 is 0. The van der Waals surface area contributed by atoms with Crippen LogP contribution in [0.25, 0.3) is 5.69 Å². The van der Waals surface area contributed by atoms with Crippen molar-refractivity contribution < 1.29 is 33.8 Å². The van der Waals surface area contributed by atoms with Gasteiger partial charge in [0.2, 0.25) is 5.91 Å². The number of nitrogens with one attached hydrogen (secondary N) is 2. The number of terminal acetylenes is 3. The lowest BCUT2D eigenvalue weighted by molar-refractivity contribution is -0.144. The summed E-state index contributed by atoms with van der Waals surface area (Å²) < 4.78 is 6.93. The third-order valence-corrected chi connectivity index (χ3v) is 14.1. The molecule has 0 radical (unpaired) electrons. The van der Waals surface area contributed by atoms with Gasteiger partial charge in [-0.2, -0.15) is 5.10 Å². The van der Waals surface area contributed by atoms with Crippen LogP contribution in [-0.4, -0.2) is 75.9 Å². The number of ether oxygens (including phenoxy) is 1. The van der Waals surface area contributed by atoms with Crippen LogP contribution in [0.3, 0.4) is 0 Å². The van der Waals surface area contributed by atoms with Crippen molar-refractivity contribution in [2.75, 3.05) is 13.7 Å². The van der Waals surface area contributed by atoms with E-state index < -0.39 is 41.7 Å². The van der Waals surface area contributed by atoms with Gasteiger partial charge in [-0.05, 0) is 265 Å². The average molecular weight is 1690 g/mol. The van der Waals surface area contributed by atoms with Gasteiger partial charge in [0.05, 0.1) is 30.8 Å². The predicted octanol–water partition coefficient (Wildman–Crippen LogP) is 5.41. The first-order valence-electron chi connectivity index (χ1n) is 37.9. The minimum Gasteiger partial charge on any atom is -0.497 e. The molecule has 2 amide bonds. The van der Waals surface area contributed by atoms with E-state index in [0.717, 1.165) is 5.56 Å². The molecule has 3 aromatic rings. The number of nitrogens with two attached hydrogens (primary N) is 2. The Bertz CT molecular complexity index is 7490. The van der Waals surface area contributed by atoms with Crippen molar-refractivity contribution in [2.45, 2.75) is 98.6 Å². The lowest BCUT2D eigenvalue weighted by Gasteiger charge is -2.28. The number of carbonyl (C=O) groups excluding carboxylic acids is 4. The Morgan fingerprint density at radius 2 is 0.765 bits per heavy atom. The number of aryl methyl sites for hydroxylation is 1. The molecule has 14 nitrogen and oxygen atoms in total. The summed E-state index contributed by atoms with van der Waals surface area (Å²) in [4.78, 5) is 71.6. The van der Waals surface area contributed by atoms with Gasteiger partial charge in [0.15, 0.2) is 23.2 Å². The molecule has 5 atom stereocenters. The first kappa shape index (κ1) is 108. The quantitative estimate of drug-likeness (QED) is 0.0352. The highest BCUT2D eigenvalue weighted by atomic mass is 16.5. The molecule has 0 spiro atoms. The van der Waals surface area contributed by atoms with Gasteiger partial charge in [-0.3, -0.25) is 29.0 Å². The summed E-state index contributed by atoms with van der Waals surface area (Å²) in [5.41, 5.74) is 13.3. The number of methoxy groups -OCH3 is 1. The van der Waals surface area contributed by atoms with E-state index in [1.807, 2.05) is 70.2 Å². The predicted molar refractivity (Wildman–Crippen MR) is 515 cm³/mol. The standard InChI is InChI=1S/C41H57N7O7.C39H4.C38H2/c1-7-26(4)37(36(50)23-30(40(53)54)21-28-13-9-8-10-14-28)46-38(51)29(19-25(2)3)22-35(49)33(17-12-18-44-41(42)43)45-39(52)34-20-27(5)48(47-34)31-15-11-16-32(24-31)55-6;1-3-5-7-9-11-13-15-17-19-21-23-25-27-29-31-33-35-37-39-38-36-34-32-30-28-26-24-22-20-18-16-14-12-10-8-6-4-2;1-3-5-7-9-11-13-15-17-19-21-23-25-27-29-31-33-35-37-38-36-34-32-30-28-26-24-22-20-18-16-14-12-10-8-6-4-2/h8-11,13-16,20,24-26,29-30,33,37H,7,12,17-19,21-23H2,1-6H3,(H,45,52)(H,46,51)(H,53,54)(H4,42,43,44);1H,2H3;1-2H/t26-,29+,30+,33-,37-;;/m0../s1. The third kappa shape index (κ3) is 61.1. The number of aromatic nitrogens is 2. The van der Waals surface area contributed by atoms with Crippen LogP contribution in [0.2, 0.25) is 0 Å². The van der Waals surface area contributed by atoms with Crippen molar-refractivity contribution in [1.82, 2.24) is 20.4 Å². The average Bonchev–Trinajstić information content (AvgIpc) is 1.67. The van der Waals surface area contributed by atoms with Crippen LogP contribution in [0.15, 0.2) is 65.7 Å². The molecule has 7 N–H and O–H groups in total. The van der Waals surface area contributed by atoms with Gasteiger partial charge in [-0.15, -0.1) is 19.3 Å². The highest BCUT2D eigenvalue weighted by Crippen LogP contribution is 2.23. The Morgan fingerprint density at radius 1 is 0.439 bits per heavy atom. The van der Waals surface area contributed by atoms with Crippen molar-refractivity contribution in [3.05, 3.63) is 77.6 Å². The Hall–Kier alpha value is -22.2. The number of Topliss-reactive ketones (excluding diaryl/α,β-unsaturated/α-hetero) is 2. The lowest BCUT2D eigenvalue weighted by Crippen LogP contribution is -2.49. The van der Waals surface area contributed by atoms with Crippen molar-refractivity contribution >= 4 is 35.3 Å². The first-order chi connectivity index (χ1) is 64.5. The van der Waals surface area contributed by atoms with E-state index in [-0.39, 0.29) is 67.3 Å². The second-order valence-electron chi connectivity index (χ2n) is 23.8. The Morgan fingerprint density at radius 3 is 1.06 bits per heavy atom. The largest absolute Gasteiger partial charge is 0.497 e. The highest BCUT2D eigenvalue weighted by Gasteiger charge is 2.35. The van der Waals surface area contributed by atoms with E-state index in [1.165, 1.54) is 0 Å². The Kier molecular flexibility index (Phi) is 63.2. The van der Waals surface area contributed by atoms with Crippen LogP contribution in [-0.2, 0) is 25.6 Å². The molecule has 0 fully saturated rings. The summed E-state index contributed by atoms with van der Waals surface area (Å²) in [5, 5.41) is 20.2. The molecule has 2 aromatic carbocycles. The maximum Gasteiger partial charge on any atom is 0.307 e. The molecule has 0 bridgehead atoms. The zero-order chi connectivity index (χ0) is 96.3. The molecular weight excluding hydrogens is 1630 g/mol. The molecule has 132 heavy (non-hydrogen) atoms. The number of aliphatic carboxylic acids is 1. The van der Waals surface area contributed by atoms with Gasteiger partial charge in [0.1, 0.15) is 5.75 Å². The highest BCUT2D eigenvalue weighted by molar-refractivity contribution is 5.98. The molecule has 0 saturated carbocycles. The van der Waals surface area contributed by atoms with Crippen LogP contribution in [0.5, 0.6) is 5.75 Å². The maximum atomic E-state index is 14.1. The number of amides is 2. The summed E-state index contributed by atoms with van der Waals surface area (Å²) in [5.74, 6) is 176. The zero-order valence-corrected chi connectivity index (χ0v) is 72.0. The Balaban J connectivity index is 0.00000102. The molecule has 0 aliphatic carbocycles. The van der Waals surface area contributed by atoms with Crippen LogP contribution < -0.4 is 26.8 Å². The van der Waals surface area contributed by atoms with Crippen LogP contribution >= 0.6 is 0 Å². The number of hydrogen-bond acceptors (Lipinski definition) is 8. The van der Waals surface area contributed by atoms with E-state index >= 15 is 0 Å². The minimum atomic E-state index is -1.09. The monoisotopic (exact) mass is 1690 g/mol. The van der Waals surface area contributed by atoms with Crippen molar-refractivity contribution in [3.8, 4) is 463 Å². The van der Waals surface area contributed by atoms with Crippen LogP contribution in [0, 0.1) is 482 Å². The number of hydrogen-bond donors (Lipinski definition) is 5. The number of carbonyl (C=O) groups is 5. The zero-order valence-electron chi connectivity index (χ0n) is 72.0. The fourth-order valence-corrected chi connectivity index (χ4v) is 8.64. The SMILES string of the molecule is C#CC#CC#CC#CC#CC#CC#CC#CC#CC#CC#CC#CC#CC#CC#CC#CC#CC#CC#C.C#CC#CC#CC#CC#CC#CC#CC#CC#CC#CC#CC#CC#CC#CC#CC#CC#CC#CC#CC.CC[C@H](C)[C@H](NC(=O)[C@@H](CC(=O)[C@H](CCCN=C(N)N)NC(=O)c1cc(C)n(-c2cccc(OC)c2)n1)CC(C)C)C(=O)C[C@@H](Cc1ccccc1)C(=O)O. The molecule has 0 aliphatic heterocycles. The molecule has 0 aliphatic rings. The topological polar surface area (TPSA) is 221 Å². The minimum absolute atomic E-state index is 0.0158. The second kappa shape index (κ2) is 77.4. The summed E-state index contributed by atoms with van der Waals surface area (Å²) in [6, 6.07) is 16.0. The fraction of sp³-hybridized carbons (Fsp3) is 0.178. The molecular formula is C118H63N7O7. The van der Waals surface area contributed by atoms with E-state index in [1.54, 1.807) is 43.8 Å². The van der Waals surface area contributed by atoms with Crippen molar-refractivity contribution in [3.63, 3.8) is 0 Å². The van der Waals surface area contributed by atoms with E-state index in [4.69, 9.17) is 35.5 Å². The molecule has 1 heterocycles. The number of ketones is 2. The number of aliphatic imine (C=N–C) groups is 1. The van der Waals surface area contributed by atoms with Crippen LogP contribution in [0.1, 0.15) is 94.9 Å². The van der Waals surface area contributed by atoms with Gasteiger partial charge >= 0.3 is 5.97 Å². The molecule has 1 aromatic heterocycles. The number of benzene rings is 2. The van der Waals surface area contributed by atoms with E-state index in [0.29, 0.717) is 36.4 Å². The number of rotatable bonds is 23. The van der Waals surface area contributed by atoms with Gasteiger partial charge in [-0.1, -0.05) is 76.4 Å². The first-order valence-corrected chi connectivity index (χ1v) is 37.9. The number of carboxylic acid groups (broad SMARTS) is 1. The van der Waals surface area contributed by atoms with Gasteiger partial charge in [0, 0.05) is 274 Å². The maximum absolute atomic E-state index is 14.1. The van der Waals surface area contributed by atoms with Crippen molar-refractivity contribution in [1.29, 1.82) is 0 Å². The van der Waals surface area contributed by atoms with E-state index in [9.17, 15) is 29.1 Å². The number of carboxylic acids is 1. The molecule has 612 valence electrons. The molecule has 3 rings (SSSR count). The lowest BCUT2D eigenvalue weighted by atomic mass is 9.85. The summed E-state index contributed by atoms with van der Waals surface area (Å²) in [6.07, 6.45) is 15.9. The van der Waals surface area contributed by atoms with E-state index in [2.05, 4.69) is 453 Å². The summed E-state index contributed by atoms with van der Waals surface area (Å²) in [7, 11) is 1.56. The number of guanidine groups is 1. The third-order valence-electron chi connectivity index (χ3n) is 14.1. The molecule has 0 saturated heterocycles. The van der Waals surface area contributed by atoms with Gasteiger partial charge in [-0.25, -0.2) is 4.68 Å². The van der Waals surface area contributed by atoms with Crippen molar-refractivity contribution in [2.24, 2.45) is 40.1 Å². The smallest absolute Gasteiger partial charge is 0.307 e. The van der Waals surface area contributed by atoms with Gasteiger partial charge < -0.3 is 31.9 Å². The van der Waals surface area contributed by atoms with Crippen LogP contribution in [0.4, 0.5) is 0 Å². The normalized spacial score (nSPS) is 8.04. The number of nitrogens with zero attached hydrogens (tertiary/aromatic N) is 3. The Labute approximate surface area is 777 Å². The fourth-order valence-electron chi connectivity index (χ4n) is 8.64. The summed E-state index contributed by atoms with van der Waals surface area (Å²) in [6.45, 7) is 11.3. The van der Waals surface area contributed by atoms with Gasteiger partial charge in [0.25, 0.3) is 5.91 Å². The molecule has 14 heteroatoms. The molecule has 0 unspecified atom stereocenters.